The Bertz CT molecular complexity index is 760. The van der Waals surface area contributed by atoms with Gasteiger partial charge < -0.3 is 4.74 Å². The van der Waals surface area contributed by atoms with Crippen LogP contribution in [-0.4, -0.2) is 17.5 Å². The largest absolute Gasteiger partial charge is 0.455 e. The number of carbonyl (C=O) groups is 3. The Hall–Kier alpha value is -2.75. The molecule has 2 aromatic rings. The number of benzene rings is 2. The van der Waals surface area contributed by atoms with Gasteiger partial charge in [-0.1, -0.05) is 30.3 Å². The molecule has 23 heavy (non-hydrogen) atoms. The van der Waals surface area contributed by atoms with Gasteiger partial charge in [0.25, 0.3) is 5.78 Å². The van der Waals surface area contributed by atoms with Crippen molar-refractivity contribution in [2.24, 2.45) is 0 Å². The summed E-state index contributed by atoms with van der Waals surface area (Å²) in [5, 5.41) is 0. The highest BCUT2D eigenvalue weighted by molar-refractivity contribution is 6.42. The molecular formula is C19H18O4. The van der Waals surface area contributed by atoms with Crippen molar-refractivity contribution < 1.29 is 19.1 Å². The van der Waals surface area contributed by atoms with E-state index in [0.29, 0.717) is 0 Å². The maximum atomic E-state index is 12.3. The van der Waals surface area contributed by atoms with E-state index in [1.807, 2.05) is 32.0 Å². The van der Waals surface area contributed by atoms with Gasteiger partial charge in [-0.25, -0.2) is 4.79 Å². The highest BCUT2D eigenvalue weighted by Crippen LogP contribution is 2.18. The van der Waals surface area contributed by atoms with Crippen LogP contribution in [0.25, 0.3) is 0 Å². The van der Waals surface area contributed by atoms with Crippen LogP contribution in [0.4, 0.5) is 0 Å². The summed E-state index contributed by atoms with van der Waals surface area (Å²) in [5.74, 6) is -2.01. The Morgan fingerprint density at radius 1 is 0.913 bits per heavy atom. The van der Waals surface area contributed by atoms with Crippen molar-refractivity contribution in [2.75, 3.05) is 0 Å². The second kappa shape index (κ2) is 7.01. The summed E-state index contributed by atoms with van der Waals surface area (Å²) in [6.45, 7) is 5.07. The van der Waals surface area contributed by atoms with Gasteiger partial charge in [0, 0.05) is 11.1 Å². The van der Waals surface area contributed by atoms with E-state index in [1.165, 1.54) is 6.92 Å². The zero-order chi connectivity index (χ0) is 17.0. The lowest BCUT2D eigenvalue weighted by Crippen LogP contribution is -2.20. The Labute approximate surface area is 135 Å². The molecule has 0 spiro atoms. The molecule has 0 saturated heterocycles. The van der Waals surface area contributed by atoms with Crippen LogP contribution in [0.5, 0.6) is 0 Å². The summed E-state index contributed by atoms with van der Waals surface area (Å²) in [6.07, 6.45) is 0. The molecule has 0 amide bonds. The van der Waals surface area contributed by atoms with Crippen molar-refractivity contribution >= 4 is 17.5 Å². The monoisotopic (exact) mass is 310 g/mol. The Morgan fingerprint density at radius 2 is 1.48 bits per heavy atom. The topological polar surface area (TPSA) is 60.4 Å². The van der Waals surface area contributed by atoms with Crippen LogP contribution in [0, 0.1) is 13.8 Å². The summed E-state index contributed by atoms with van der Waals surface area (Å²) in [7, 11) is 0. The smallest absolute Gasteiger partial charge is 0.380 e. The van der Waals surface area contributed by atoms with E-state index < -0.39 is 11.8 Å². The molecule has 0 aliphatic rings. The lowest BCUT2D eigenvalue weighted by Gasteiger charge is -2.10. The molecule has 0 atom stereocenters. The molecule has 0 heterocycles. The molecule has 118 valence electrons. The van der Waals surface area contributed by atoms with Crippen LogP contribution in [0.3, 0.4) is 0 Å². The molecule has 0 aliphatic carbocycles. The van der Waals surface area contributed by atoms with Crippen LogP contribution < -0.4 is 0 Å². The van der Waals surface area contributed by atoms with Crippen LogP contribution in [0.1, 0.15) is 44.3 Å². The van der Waals surface area contributed by atoms with E-state index in [9.17, 15) is 14.4 Å². The Balaban J connectivity index is 2.21. The number of esters is 1. The summed E-state index contributed by atoms with van der Waals surface area (Å²) in [4.78, 5) is 36.1. The van der Waals surface area contributed by atoms with Crippen molar-refractivity contribution in [3.05, 3.63) is 70.3 Å². The van der Waals surface area contributed by atoms with Crippen LogP contribution in [0.2, 0.25) is 0 Å². The van der Waals surface area contributed by atoms with E-state index in [2.05, 4.69) is 0 Å². The normalized spacial score (nSPS) is 10.2. The third kappa shape index (κ3) is 3.92. The van der Waals surface area contributed by atoms with Gasteiger partial charge in [0.05, 0.1) is 0 Å². The molecule has 4 nitrogen and oxygen atoms in total. The number of aryl methyl sites for hydroxylation is 2. The van der Waals surface area contributed by atoms with Gasteiger partial charge in [-0.2, -0.15) is 0 Å². The van der Waals surface area contributed by atoms with Gasteiger partial charge in [-0.05, 0) is 49.6 Å². The average molecular weight is 310 g/mol. The van der Waals surface area contributed by atoms with Gasteiger partial charge >= 0.3 is 5.97 Å². The molecule has 0 radical (unpaired) electrons. The second-order valence-corrected chi connectivity index (χ2v) is 5.43. The van der Waals surface area contributed by atoms with Gasteiger partial charge in [-0.3, -0.25) is 9.59 Å². The lowest BCUT2D eigenvalue weighted by molar-refractivity contribution is -0.139. The lowest BCUT2D eigenvalue weighted by atomic mass is 9.95. The first kappa shape index (κ1) is 16.6. The van der Waals surface area contributed by atoms with Crippen molar-refractivity contribution in [1.82, 2.24) is 0 Å². The number of hydrogen-bond donors (Lipinski definition) is 0. The van der Waals surface area contributed by atoms with Crippen molar-refractivity contribution in [3.8, 4) is 0 Å². The van der Waals surface area contributed by atoms with Gasteiger partial charge in [0.1, 0.15) is 6.61 Å². The average Bonchev–Trinajstić information content (AvgIpc) is 2.54. The Morgan fingerprint density at radius 3 is 2.04 bits per heavy atom. The highest BCUT2D eigenvalue weighted by atomic mass is 16.5. The minimum Gasteiger partial charge on any atom is -0.455 e. The first-order valence-electron chi connectivity index (χ1n) is 7.27. The molecule has 0 aromatic heterocycles. The van der Waals surface area contributed by atoms with Gasteiger partial charge in [0.15, 0.2) is 5.78 Å². The second-order valence-electron chi connectivity index (χ2n) is 5.43. The van der Waals surface area contributed by atoms with E-state index in [0.717, 1.165) is 16.7 Å². The summed E-state index contributed by atoms with van der Waals surface area (Å²) in [5.41, 5.74) is 2.87. The number of ether oxygens (including phenoxy) is 1. The van der Waals surface area contributed by atoms with Gasteiger partial charge in [-0.15, -0.1) is 0 Å². The molecule has 0 unspecified atom stereocenters. The first-order chi connectivity index (χ1) is 10.9. The number of rotatable bonds is 5. The molecule has 0 N–H and O–H groups in total. The Kier molecular flexibility index (Phi) is 5.06. The third-order valence-corrected chi connectivity index (χ3v) is 3.66. The molecule has 2 rings (SSSR count). The molecule has 0 aliphatic heterocycles. The number of hydrogen-bond acceptors (Lipinski definition) is 4. The summed E-state index contributed by atoms with van der Waals surface area (Å²) >= 11 is 0. The molecule has 4 heteroatoms. The molecular weight excluding hydrogens is 292 g/mol. The van der Waals surface area contributed by atoms with Crippen LogP contribution in [-0.2, 0) is 16.1 Å². The highest BCUT2D eigenvalue weighted by Gasteiger charge is 2.23. The standard InChI is InChI=1S/C19H18O4/c1-12-9-16(14(3)20)17(10-13(12)2)18(21)19(22)23-11-15-7-5-4-6-8-15/h4-10H,11H2,1-3H3. The fourth-order valence-electron chi connectivity index (χ4n) is 2.19. The number of carbonyl (C=O) groups excluding carboxylic acids is 3. The number of ketones is 2. The summed E-state index contributed by atoms with van der Waals surface area (Å²) < 4.78 is 5.05. The van der Waals surface area contributed by atoms with Crippen molar-refractivity contribution in [2.45, 2.75) is 27.4 Å². The van der Waals surface area contributed by atoms with E-state index in [1.54, 1.807) is 24.3 Å². The zero-order valence-corrected chi connectivity index (χ0v) is 13.4. The van der Waals surface area contributed by atoms with Crippen LogP contribution in [0.15, 0.2) is 42.5 Å². The summed E-state index contributed by atoms with van der Waals surface area (Å²) in [6, 6.07) is 12.3. The quantitative estimate of drug-likeness (QED) is 0.482. The molecule has 0 fully saturated rings. The minimum atomic E-state index is -0.959. The molecule has 0 saturated carbocycles. The maximum absolute atomic E-state index is 12.3. The zero-order valence-electron chi connectivity index (χ0n) is 13.4. The maximum Gasteiger partial charge on any atom is 0.380 e. The SMILES string of the molecule is CC(=O)c1cc(C)c(C)cc1C(=O)C(=O)OCc1ccccc1. The first-order valence-corrected chi connectivity index (χ1v) is 7.27. The van der Waals surface area contributed by atoms with Crippen molar-refractivity contribution in [3.63, 3.8) is 0 Å². The predicted molar refractivity (Wildman–Crippen MR) is 86.5 cm³/mol. The van der Waals surface area contributed by atoms with Crippen LogP contribution >= 0.6 is 0 Å². The number of Topliss-reactive ketones (excluding diaryl/α,β-unsaturated/α-hetero) is 2. The third-order valence-electron chi connectivity index (χ3n) is 3.66. The molecule has 2 aromatic carbocycles. The van der Waals surface area contributed by atoms with E-state index in [-0.39, 0.29) is 23.5 Å². The van der Waals surface area contributed by atoms with Gasteiger partial charge in [0.2, 0.25) is 0 Å². The van der Waals surface area contributed by atoms with Crippen molar-refractivity contribution in [1.29, 1.82) is 0 Å². The predicted octanol–water partition coefficient (Wildman–Crippen LogP) is 3.43. The minimum absolute atomic E-state index is 0.0195. The van der Waals surface area contributed by atoms with E-state index in [4.69, 9.17) is 4.74 Å². The fourth-order valence-corrected chi connectivity index (χ4v) is 2.19. The fraction of sp³-hybridized carbons (Fsp3) is 0.211. The van der Waals surface area contributed by atoms with E-state index >= 15 is 0 Å². The molecule has 0 bridgehead atoms.